The molecule has 0 radical (unpaired) electrons. The fraction of sp³-hybridized carbons (Fsp3) is 0.750. The number of hydrogen-bond donors (Lipinski definition) is 3. The Hall–Kier alpha value is -1.21. The lowest BCUT2D eigenvalue weighted by Crippen LogP contribution is -2.29. The van der Waals surface area contributed by atoms with Gasteiger partial charge in [0.25, 0.3) is 0 Å². The highest BCUT2D eigenvalue weighted by Crippen LogP contribution is 2.41. The van der Waals surface area contributed by atoms with Gasteiger partial charge in [-0.25, -0.2) is 4.79 Å². The monoisotopic (exact) mass is 284 g/mol. The lowest BCUT2D eigenvalue weighted by molar-refractivity contribution is 0.157. The van der Waals surface area contributed by atoms with Crippen LogP contribution in [-0.4, -0.2) is 34.0 Å². The van der Waals surface area contributed by atoms with Crippen LogP contribution in [0.3, 0.4) is 0 Å². The van der Waals surface area contributed by atoms with E-state index in [4.69, 9.17) is 0 Å². The quantitative estimate of drug-likeness (QED) is 0.669. The number of carbonyl (C=O) groups is 1. The topological polar surface area (TPSA) is 87.1 Å². The summed E-state index contributed by atoms with van der Waals surface area (Å²) < 4.78 is 0. The number of nitrogens with zero attached hydrogens (tertiary/aromatic N) is 2. The summed E-state index contributed by atoms with van der Waals surface area (Å²) in [6, 6.07) is -0.260. The SMILES string of the molecule is CC[C@H](O)CCCNC(=O)Nc1nnc(C2CC2)s1. The molecule has 0 aliphatic heterocycles. The summed E-state index contributed by atoms with van der Waals surface area (Å²) >= 11 is 1.45. The van der Waals surface area contributed by atoms with Crippen LogP contribution in [0.25, 0.3) is 0 Å². The van der Waals surface area contributed by atoms with Crippen molar-refractivity contribution in [3.05, 3.63) is 5.01 Å². The van der Waals surface area contributed by atoms with Crippen molar-refractivity contribution in [1.82, 2.24) is 15.5 Å². The number of hydrogen-bond acceptors (Lipinski definition) is 5. The predicted molar refractivity (Wildman–Crippen MR) is 74.4 cm³/mol. The first-order valence-corrected chi connectivity index (χ1v) is 7.57. The molecule has 1 aromatic heterocycles. The minimum Gasteiger partial charge on any atom is -0.393 e. The molecule has 0 aromatic carbocycles. The second kappa shape index (κ2) is 6.81. The molecule has 19 heavy (non-hydrogen) atoms. The van der Waals surface area contributed by atoms with Gasteiger partial charge in [0.15, 0.2) is 0 Å². The third-order valence-corrected chi connectivity index (χ3v) is 4.06. The lowest BCUT2D eigenvalue weighted by Gasteiger charge is -2.08. The molecule has 3 N–H and O–H groups in total. The third kappa shape index (κ3) is 4.76. The van der Waals surface area contributed by atoms with Crippen molar-refractivity contribution >= 4 is 22.5 Å². The Morgan fingerprint density at radius 3 is 3.00 bits per heavy atom. The van der Waals surface area contributed by atoms with Crippen LogP contribution in [0.5, 0.6) is 0 Å². The zero-order valence-electron chi connectivity index (χ0n) is 11.1. The number of amides is 2. The first-order chi connectivity index (χ1) is 9.19. The molecule has 0 bridgehead atoms. The van der Waals surface area contributed by atoms with Crippen molar-refractivity contribution in [3.8, 4) is 0 Å². The van der Waals surface area contributed by atoms with Crippen LogP contribution in [0.4, 0.5) is 9.93 Å². The van der Waals surface area contributed by atoms with Crippen LogP contribution in [0.2, 0.25) is 0 Å². The van der Waals surface area contributed by atoms with Crippen LogP contribution in [0.1, 0.15) is 50.0 Å². The molecule has 0 spiro atoms. The van der Waals surface area contributed by atoms with Gasteiger partial charge >= 0.3 is 6.03 Å². The normalized spacial score (nSPS) is 16.1. The zero-order valence-corrected chi connectivity index (χ0v) is 11.9. The highest BCUT2D eigenvalue weighted by molar-refractivity contribution is 7.15. The van der Waals surface area contributed by atoms with Crippen molar-refractivity contribution in [2.45, 2.75) is 51.0 Å². The van der Waals surface area contributed by atoms with E-state index in [0.29, 0.717) is 24.0 Å². The molecule has 1 atom stereocenters. The van der Waals surface area contributed by atoms with Gasteiger partial charge in [-0.1, -0.05) is 18.3 Å². The Kier molecular flexibility index (Phi) is 5.09. The minimum atomic E-state index is -0.269. The van der Waals surface area contributed by atoms with Gasteiger partial charge in [-0.3, -0.25) is 5.32 Å². The fourth-order valence-corrected chi connectivity index (χ4v) is 2.57. The van der Waals surface area contributed by atoms with Crippen LogP contribution in [0.15, 0.2) is 0 Å². The number of aromatic nitrogens is 2. The predicted octanol–water partition coefficient (Wildman–Crippen LogP) is 2.09. The summed E-state index contributed by atoms with van der Waals surface area (Å²) in [4.78, 5) is 11.6. The van der Waals surface area contributed by atoms with Gasteiger partial charge in [-0.05, 0) is 32.1 Å². The molecule has 2 amide bonds. The maximum Gasteiger partial charge on any atom is 0.321 e. The highest BCUT2D eigenvalue weighted by Gasteiger charge is 2.27. The van der Waals surface area contributed by atoms with Gasteiger partial charge in [-0.2, -0.15) is 0 Å². The van der Waals surface area contributed by atoms with Gasteiger partial charge in [0.05, 0.1) is 6.10 Å². The zero-order chi connectivity index (χ0) is 13.7. The Morgan fingerprint density at radius 2 is 2.32 bits per heavy atom. The molecule has 1 fully saturated rings. The molecule has 6 nitrogen and oxygen atoms in total. The summed E-state index contributed by atoms with van der Waals surface area (Å²) in [5.74, 6) is 0.562. The Balaban J connectivity index is 1.63. The van der Waals surface area contributed by atoms with Crippen LogP contribution >= 0.6 is 11.3 Å². The molecule has 1 aliphatic rings. The summed E-state index contributed by atoms with van der Waals surface area (Å²) in [6.07, 6.45) is 4.32. The second-order valence-corrected chi connectivity index (χ2v) is 5.81. The molecule has 0 saturated heterocycles. The molecule has 7 heteroatoms. The Labute approximate surface area is 116 Å². The molecule has 1 saturated carbocycles. The van der Waals surface area contributed by atoms with Gasteiger partial charge in [0.1, 0.15) is 5.01 Å². The number of urea groups is 1. The molecule has 106 valence electrons. The number of rotatable bonds is 7. The Bertz CT molecular complexity index is 420. The maximum atomic E-state index is 11.6. The van der Waals surface area contributed by atoms with Crippen LogP contribution < -0.4 is 10.6 Å². The van der Waals surface area contributed by atoms with E-state index in [1.54, 1.807) is 0 Å². The largest absolute Gasteiger partial charge is 0.393 e. The van der Waals surface area contributed by atoms with Crippen molar-refractivity contribution in [3.63, 3.8) is 0 Å². The summed E-state index contributed by atoms with van der Waals surface area (Å²) in [7, 11) is 0. The smallest absolute Gasteiger partial charge is 0.321 e. The van der Waals surface area contributed by atoms with Crippen LogP contribution in [-0.2, 0) is 0 Å². The minimum absolute atomic E-state index is 0.260. The third-order valence-electron chi connectivity index (χ3n) is 3.06. The van der Waals surface area contributed by atoms with Gasteiger partial charge in [0, 0.05) is 12.5 Å². The van der Waals surface area contributed by atoms with E-state index in [-0.39, 0.29) is 12.1 Å². The molecule has 0 unspecified atom stereocenters. The molecular formula is C12H20N4O2S. The van der Waals surface area contributed by atoms with Crippen LogP contribution in [0, 0.1) is 0 Å². The standard InChI is InChI=1S/C12H20N4O2S/c1-2-9(17)4-3-7-13-11(18)14-12-16-15-10(19-12)8-5-6-8/h8-9,17H,2-7H2,1H3,(H2,13,14,16,18)/t9-/m0/s1. The Morgan fingerprint density at radius 1 is 1.53 bits per heavy atom. The molecule has 1 aromatic rings. The maximum absolute atomic E-state index is 11.6. The van der Waals surface area contributed by atoms with E-state index in [9.17, 15) is 9.90 Å². The average molecular weight is 284 g/mol. The van der Waals surface area contributed by atoms with Crippen molar-refractivity contribution in [2.75, 3.05) is 11.9 Å². The molecule has 2 rings (SSSR count). The fourth-order valence-electron chi connectivity index (χ4n) is 1.67. The number of aliphatic hydroxyl groups excluding tert-OH is 1. The van der Waals surface area contributed by atoms with Crippen molar-refractivity contribution in [2.24, 2.45) is 0 Å². The highest BCUT2D eigenvalue weighted by atomic mass is 32.1. The van der Waals surface area contributed by atoms with E-state index < -0.39 is 0 Å². The van der Waals surface area contributed by atoms with E-state index in [1.807, 2.05) is 6.92 Å². The number of aliphatic hydroxyl groups is 1. The first kappa shape index (κ1) is 14.2. The van der Waals surface area contributed by atoms with E-state index in [1.165, 1.54) is 24.2 Å². The second-order valence-electron chi connectivity index (χ2n) is 4.80. The molecule has 1 aliphatic carbocycles. The van der Waals surface area contributed by atoms with Crippen molar-refractivity contribution in [1.29, 1.82) is 0 Å². The lowest BCUT2D eigenvalue weighted by atomic mass is 10.1. The van der Waals surface area contributed by atoms with Gasteiger partial charge in [0.2, 0.25) is 5.13 Å². The van der Waals surface area contributed by atoms with E-state index >= 15 is 0 Å². The van der Waals surface area contributed by atoms with E-state index in [2.05, 4.69) is 20.8 Å². The number of carbonyl (C=O) groups excluding carboxylic acids is 1. The van der Waals surface area contributed by atoms with E-state index in [0.717, 1.165) is 17.8 Å². The van der Waals surface area contributed by atoms with Gasteiger partial charge < -0.3 is 10.4 Å². The summed E-state index contributed by atoms with van der Waals surface area (Å²) in [5, 5.41) is 24.4. The van der Waals surface area contributed by atoms with Gasteiger partial charge in [-0.15, -0.1) is 10.2 Å². The molecular weight excluding hydrogens is 264 g/mol. The number of nitrogens with one attached hydrogen (secondary N) is 2. The number of anilines is 1. The average Bonchev–Trinajstić information content (AvgIpc) is 3.15. The first-order valence-electron chi connectivity index (χ1n) is 6.75. The van der Waals surface area contributed by atoms with Crippen molar-refractivity contribution < 1.29 is 9.90 Å². The summed E-state index contributed by atoms with van der Waals surface area (Å²) in [5.41, 5.74) is 0. The molecule has 1 heterocycles. The summed E-state index contributed by atoms with van der Waals surface area (Å²) in [6.45, 7) is 2.49.